The molecule has 154 valence electrons. The average molecular weight is 425 g/mol. The van der Waals surface area contributed by atoms with Gasteiger partial charge in [0.05, 0.1) is 17.0 Å². The Kier molecular flexibility index (Phi) is 4.86. The number of aromatic nitrogens is 1. The summed E-state index contributed by atoms with van der Waals surface area (Å²) in [6, 6.07) is 15.9. The van der Waals surface area contributed by atoms with E-state index < -0.39 is 27.2 Å². The molecule has 1 unspecified atom stereocenters. The number of nitrogens with zero attached hydrogens (tertiary/aromatic N) is 1. The van der Waals surface area contributed by atoms with Crippen LogP contribution in [0.3, 0.4) is 0 Å². The van der Waals surface area contributed by atoms with Gasteiger partial charge >= 0.3 is 5.97 Å². The van der Waals surface area contributed by atoms with Gasteiger partial charge in [0.1, 0.15) is 5.82 Å². The minimum Gasteiger partial charge on any atom is -0.449 e. The van der Waals surface area contributed by atoms with Crippen LogP contribution in [0.25, 0.3) is 11.1 Å². The summed E-state index contributed by atoms with van der Waals surface area (Å²) < 4.78 is 45.3. The van der Waals surface area contributed by atoms with Gasteiger partial charge in [-0.25, -0.2) is 17.6 Å². The lowest BCUT2D eigenvalue weighted by molar-refractivity contribution is -0.143. The Labute approximate surface area is 174 Å². The highest BCUT2D eigenvalue weighted by atomic mass is 32.2. The first-order valence-electron chi connectivity index (χ1n) is 9.33. The molecule has 0 radical (unpaired) electrons. The van der Waals surface area contributed by atoms with E-state index in [1.807, 2.05) is 29.1 Å². The van der Waals surface area contributed by atoms with Gasteiger partial charge in [0, 0.05) is 24.2 Å². The minimum atomic E-state index is -3.36. The standard InChI is InChI=1S/C23H20FNO4S/c1-23(15-25-12-3-4-13-25)21(16-8-10-19(11-9-16)30(2,27)28)20(22(26)29-23)17-6-5-7-18(24)14-17/h3-14H,15H2,1-2H3. The molecule has 0 amide bonds. The van der Waals surface area contributed by atoms with Crippen LogP contribution >= 0.6 is 0 Å². The molecular formula is C23H20FNO4S. The second kappa shape index (κ2) is 7.25. The lowest BCUT2D eigenvalue weighted by Gasteiger charge is -2.27. The topological polar surface area (TPSA) is 65.4 Å². The highest BCUT2D eigenvalue weighted by molar-refractivity contribution is 7.90. The molecule has 2 aromatic carbocycles. The number of carbonyl (C=O) groups is 1. The molecular weight excluding hydrogens is 405 g/mol. The monoisotopic (exact) mass is 425 g/mol. The van der Waals surface area contributed by atoms with Crippen LogP contribution < -0.4 is 0 Å². The van der Waals surface area contributed by atoms with Gasteiger partial charge in [-0.15, -0.1) is 0 Å². The summed E-state index contributed by atoms with van der Waals surface area (Å²) in [5, 5.41) is 0. The molecule has 0 saturated heterocycles. The number of hydrogen-bond acceptors (Lipinski definition) is 4. The Hall–Kier alpha value is -3.19. The predicted octanol–water partition coefficient (Wildman–Crippen LogP) is 3.96. The Bertz CT molecular complexity index is 1240. The van der Waals surface area contributed by atoms with Crippen molar-refractivity contribution in [3.05, 3.63) is 90.0 Å². The third-order valence-electron chi connectivity index (χ3n) is 5.14. The molecule has 4 rings (SSSR count). The van der Waals surface area contributed by atoms with Crippen LogP contribution in [-0.2, 0) is 25.9 Å². The fourth-order valence-electron chi connectivity index (χ4n) is 3.83. The Morgan fingerprint density at radius 3 is 2.27 bits per heavy atom. The zero-order chi connectivity index (χ0) is 21.5. The summed E-state index contributed by atoms with van der Waals surface area (Å²) in [6.45, 7) is 2.16. The van der Waals surface area contributed by atoms with E-state index in [1.54, 1.807) is 25.1 Å². The summed E-state index contributed by atoms with van der Waals surface area (Å²) in [5.41, 5.74) is 0.897. The predicted molar refractivity (Wildman–Crippen MR) is 112 cm³/mol. The van der Waals surface area contributed by atoms with E-state index in [0.717, 1.165) is 6.26 Å². The number of cyclic esters (lactones) is 1. The van der Waals surface area contributed by atoms with Gasteiger partial charge in [-0.05, 0) is 54.4 Å². The first-order chi connectivity index (χ1) is 14.2. The molecule has 7 heteroatoms. The molecule has 1 aromatic heterocycles. The number of esters is 1. The number of rotatable bonds is 5. The highest BCUT2D eigenvalue weighted by Gasteiger charge is 2.45. The van der Waals surface area contributed by atoms with E-state index in [0.29, 0.717) is 23.2 Å². The number of ether oxygens (including phenoxy) is 1. The summed E-state index contributed by atoms with van der Waals surface area (Å²) in [4.78, 5) is 13.1. The maximum absolute atomic E-state index is 13.9. The number of benzene rings is 2. The molecule has 1 aliphatic rings. The molecule has 1 aliphatic heterocycles. The molecule has 0 bridgehead atoms. The van der Waals surface area contributed by atoms with E-state index in [2.05, 4.69) is 0 Å². The van der Waals surface area contributed by atoms with Crippen molar-refractivity contribution < 1.29 is 22.3 Å². The second-order valence-corrected chi connectivity index (χ2v) is 9.55. The van der Waals surface area contributed by atoms with E-state index >= 15 is 0 Å². The van der Waals surface area contributed by atoms with Crippen molar-refractivity contribution in [3.8, 4) is 0 Å². The number of halogens is 1. The van der Waals surface area contributed by atoms with Crippen molar-refractivity contribution in [3.63, 3.8) is 0 Å². The molecule has 5 nitrogen and oxygen atoms in total. The zero-order valence-electron chi connectivity index (χ0n) is 16.5. The Morgan fingerprint density at radius 2 is 1.67 bits per heavy atom. The van der Waals surface area contributed by atoms with Crippen LogP contribution in [-0.4, -0.2) is 30.8 Å². The van der Waals surface area contributed by atoms with Crippen LogP contribution in [0.4, 0.5) is 4.39 Å². The largest absolute Gasteiger partial charge is 0.449 e. The van der Waals surface area contributed by atoms with Gasteiger partial charge < -0.3 is 9.30 Å². The normalized spacial score (nSPS) is 19.2. The van der Waals surface area contributed by atoms with Crippen LogP contribution in [0, 0.1) is 5.82 Å². The average Bonchev–Trinajstić information content (AvgIpc) is 3.26. The number of hydrogen-bond donors (Lipinski definition) is 0. The third kappa shape index (κ3) is 3.68. The van der Waals surface area contributed by atoms with Crippen molar-refractivity contribution in [2.75, 3.05) is 6.26 Å². The molecule has 2 heterocycles. The quantitative estimate of drug-likeness (QED) is 0.581. The summed E-state index contributed by atoms with van der Waals surface area (Å²) in [5.74, 6) is -1.00. The lowest BCUT2D eigenvalue weighted by Crippen LogP contribution is -2.32. The number of carbonyl (C=O) groups excluding carboxylic acids is 1. The van der Waals surface area contributed by atoms with E-state index in [9.17, 15) is 17.6 Å². The van der Waals surface area contributed by atoms with Gasteiger partial charge in [-0.2, -0.15) is 0 Å². The van der Waals surface area contributed by atoms with Crippen LogP contribution in [0.2, 0.25) is 0 Å². The lowest BCUT2D eigenvalue weighted by atomic mass is 9.85. The van der Waals surface area contributed by atoms with Crippen molar-refractivity contribution in [2.24, 2.45) is 0 Å². The van der Waals surface area contributed by atoms with Crippen LogP contribution in [0.15, 0.2) is 78.0 Å². The molecule has 0 aliphatic carbocycles. The minimum absolute atomic E-state index is 0.177. The summed E-state index contributed by atoms with van der Waals surface area (Å²) in [6.07, 6.45) is 4.87. The highest BCUT2D eigenvalue weighted by Crippen LogP contribution is 2.45. The fraction of sp³-hybridized carbons (Fsp3) is 0.174. The van der Waals surface area contributed by atoms with Crippen molar-refractivity contribution in [1.29, 1.82) is 0 Å². The van der Waals surface area contributed by atoms with E-state index in [4.69, 9.17) is 4.74 Å². The Morgan fingerprint density at radius 1 is 1.00 bits per heavy atom. The first kappa shape index (κ1) is 20.1. The maximum atomic E-state index is 13.9. The maximum Gasteiger partial charge on any atom is 0.340 e. The molecule has 0 N–H and O–H groups in total. The van der Waals surface area contributed by atoms with Gasteiger partial charge in [0.15, 0.2) is 15.4 Å². The SMILES string of the molecule is CC1(Cn2cccc2)OC(=O)C(c2cccc(F)c2)=C1c1ccc(S(C)(=O)=O)cc1. The van der Waals surface area contributed by atoms with Gasteiger partial charge in [0.2, 0.25) is 0 Å². The molecule has 0 saturated carbocycles. The van der Waals surface area contributed by atoms with Crippen LogP contribution in [0.1, 0.15) is 18.1 Å². The van der Waals surface area contributed by atoms with E-state index in [1.165, 1.54) is 30.3 Å². The molecule has 1 atom stereocenters. The summed E-state index contributed by atoms with van der Waals surface area (Å²) in [7, 11) is -3.36. The smallest absolute Gasteiger partial charge is 0.340 e. The molecule has 0 spiro atoms. The molecule has 0 fully saturated rings. The molecule has 3 aromatic rings. The summed E-state index contributed by atoms with van der Waals surface area (Å²) >= 11 is 0. The Balaban J connectivity index is 1.92. The fourth-order valence-corrected chi connectivity index (χ4v) is 4.46. The van der Waals surface area contributed by atoms with Crippen molar-refractivity contribution >= 4 is 27.0 Å². The van der Waals surface area contributed by atoms with Gasteiger partial charge in [0.25, 0.3) is 0 Å². The number of sulfone groups is 1. The second-order valence-electron chi connectivity index (χ2n) is 7.53. The van der Waals surface area contributed by atoms with Gasteiger partial charge in [-0.1, -0.05) is 24.3 Å². The third-order valence-corrected chi connectivity index (χ3v) is 6.26. The van der Waals surface area contributed by atoms with Crippen molar-refractivity contribution in [2.45, 2.75) is 24.0 Å². The van der Waals surface area contributed by atoms with E-state index in [-0.39, 0.29) is 10.5 Å². The molecule has 30 heavy (non-hydrogen) atoms. The van der Waals surface area contributed by atoms with Crippen LogP contribution in [0.5, 0.6) is 0 Å². The first-order valence-corrected chi connectivity index (χ1v) is 11.2. The van der Waals surface area contributed by atoms with Crippen molar-refractivity contribution in [1.82, 2.24) is 4.57 Å². The van der Waals surface area contributed by atoms with Gasteiger partial charge in [-0.3, -0.25) is 0 Å². The zero-order valence-corrected chi connectivity index (χ0v) is 17.3.